The summed E-state index contributed by atoms with van der Waals surface area (Å²) in [5.74, 6) is 0.635. The molecule has 4 nitrogen and oxygen atoms in total. The van der Waals surface area contributed by atoms with E-state index in [1.165, 1.54) is 67.0 Å². The van der Waals surface area contributed by atoms with E-state index < -0.39 is 0 Å². The molecule has 1 aliphatic carbocycles. The van der Waals surface area contributed by atoms with Crippen LogP contribution in [0.25, 0.3) is 10.7 Å². The number of hydrogen-bond donors (Lipinski definition) is 1. The maximum Gasteiger partial charge on any atom is 0.142 e. The lowest BCUT2D eigenvalue weighted by atomic mass is 9.90. The van der Waals surface area contributed by atoms with Crippen LogP contribution >= 0.6 is 11.3 Å². The number of likely N-dealkylation sites (tertiary alicyclic amines) is 1. The number of rotatable bonds is 2. The molecule has 2 aromatic rings. The minimum atomic E-state index is 0.635. The molecule has 1 N–H and O–H groups in total. The highest BCUT2D eigenvalue weighted by atomic mass is 32.1. The normalized spacial score (nSPS) is 20.6. The Hall–Kier alpha value is -1.20. The molecule has 3 heterocycles. The quantitative estimate of drug-likeness (QED) is 0.926. The number of hydrogen-bond acceptors (Lipinski definition) is 4. The Kier molecular flexibility index (Phi) is 3.55. The van der Waals surface area contributed by atoms with Gasteiger partial charge in [0.2, 0.25) is 0 Å². The largest absolute Gasteiger partial charge is 0.306 e. The van der Waals surface area contributed by atoms with E-state index in [2.05, 4.69) is 22.1 Å². The molecule has 1 aliphatic heterocycles. The maximum atomic E-state index is 4.90. The van der Waals surface area contributed by atoms with Gasteiger partial charge in [-0.25, -0.2) is 4.98 Å². The smallest absolute Gasteiger partial charge is 0.142 e. The Balaban J connectivity index is 1.64. The summed E-state index contributed by atoms with van der Waals surface area (Å²) in [6.07, 6.45) is 9.47. The van der Waals surface area contributed by atoms with E-state index in [0.29, 0.717) is 5.92 Å². The third-order valence-corrected chi connectivity index (χ3v) is 6.06. The van der Waals surface area contributed by atoms with Crippen LogP contribution < -0.4 is 0 Å². The van der Waals surface area contributed by atoms with Crippen LogP contribution in [0.1, 0.15) is 47.7 Å². The molecule has 21 heavy (non-hydrogen) atoms. The van der Waals surface area contributed by atoms with Crippen molar-refractivity contribution in [1.29, 1.82) is 0 Å². The Labute approximate surface area is 129 Å². The predicted octanol–water partition coefficient (Wildman–Crippen LogP) is 3.22. The topological polar surface area (TPSA) is 44.8 Å². The van der Waals surface area contributed by atoms with Crippen LogP contribution in [0, 0.1) is 0 Å². The van der Waals surface area contributed by atoms with Gasteiger partial charge in [0.05, 0.1) is 17.6 Å². The molecular formula is C16H22N4S. The van der Waals surface area contributed by atoms with Crippen LogP contribution in [0.2, 0.25) is 0 Å². The first-order chi connectivity index (χ1) is 10.3. The molecule has 112 valence electrons. The van der Waals surface area contributed by atoms with Crippen molar-refractivity contribution in [3.63, 3.8) is 0 Å². The minimum absolute atomic E-state index is 0.635. The third-order valence-electron chi connectivity index (χ3n) is 4.89. The molecule has 0 amide bonds. The fraction of sp³-hybridized carbons (Fsp3) is 0.625. The first-order valence-corrected chi connectivity index (χ1v) is 8.83. The summed E-state index contributed by atoms with van der Waals surface area (Å²) < 4.78 is 0. The summed E-state index contributed by atoms with van der Waals surface area (Å²) in [7, 11) is 2.21. The van der Waals surface area contributed by atoms with Crippen molar-refractivity contribution in [2.24, 2.45) is 0 Å². The van der Waals surface area contributed by atoms with Gasteiger partial charge in [-0.05, 0) is 64.6 Å². The molecule has 0 saturated carbocycles. The van der Waals surface area contributed by atoms with Gasteiger partial charge in [-0.1, -0.05) is 0 Å². The fourth-order valence-corrected chi connectivity index (χ4v) is 4.72. The number of nitrogens with zero attached hydrogens (tertiary/aromatic N) is 3. The zero-order valence-electron chi connectivity index (χ0n) is 12.6. The van der Waals surface area contributed by atoms with Gasteiger partial charge in [-0.2, -0.15) is 5.10 Å². The molecule has 0 radical (unpaired) electrons. The van der Waals surface area contributed by atoms with Crippen LogP contribution in [0.15, 0.2) is 6.20 Å². The highest BCUT2D eigenvalue weighted by Gasteiger charge is 2.25. The number of fused-ring (bicyclic) bond motifs is 1. The van der Waals surface area contributed by atoms with Gasteiger partial charge >= 0.3 is 0 Å². The minimum Gasteiger partial charge on any atom is -0.306 e. The lowest BCUT2D eigenvalue weighted by molar-refractivity contribution is 0.255. The molecule has 0 atom stereocenters. The van der Waals surface area contributed by atoms with Gasteiger partial charge in [-0.3, -0.25) is 5.10 Å². The number of H-pyrrole nitrogens is 1. The van der Waals surface area contributed by atoms with E-state index in [1.807, 2.05) is 17.5 Å². The molecule has 0 aromatic carbocycles. The Bertz CT molecular complexity index is 599. The van der Waals surface area contributed by atoms with E-state index in [1.54, 1.807) is 0 Å². The van der Waals surface area contributed by atoms with Crippen LogP contribution in [0.4, 0.5) is 0 Å². The molecule has 1 saturated heterocycles. The highest BCUT2D eigenvalue weighted by Crippen LogP contribution is 2.37. The second kappa shape index (κ2) is 5.54. The van der Waals surface area contributed by atoms with E-state index in [0.717, 1.165) is 11.4 Å². The predicted molar refractivity (Wildman–Crippen MR) is 85.8 cm³/mol. The average Bonchev–Trinajstić information content (AvgIpc) is 3.14. The third kappa shape index (κ3) is 2.53. The number of piperidine rings is 1. The zero-order valence-corrected chi connectivity index (χ0v) is 13.4. The number of aromatic nitrogens is 3. The maximum absolute atomic E-state index is 4.90. The fourth-order valence-electron chi connectivity index (χ4n) is 3.55. The molecule has 1 fully saturated rings. The molecule has 0 unspecified atom stereocenters. The molecule has 4 rings (SSSR count). The lowest BCUT2D eigenvalue weighted by Gasteiger charge is -2.28. The number of nitrogens with one attached hydrogen (secondary N) is 1. The van der Waals surface area contributed by atoms with Crippen LogP contribution in [0.3, 0.4) is 0 Å². The SMILES string of the molecule is CN1CCC(c2cn[nH]c2-c2nc3c(s2)CCCC3)CC1. The molecule has 0 spiro atoms. The molecule has 2 aliphatic rings. The van der Waals surface area contributed by atoms with Gasteiger partial charge in [0.15, 0.2) is 0 Å². The number of aromatic amines is 1. The number of aryl methyl sites for hydroxylation is 2. The first kappa shape index (κ1) is 13.5. The summed E-state index contributed by atoms with van der Waals surface area (Å²) >= 11 is 1.88. The van der Waals surface area contributed by atoms with E-state index in [4.69, 9.17) is 4.98 Å². The molecule has 0 bridgehead atoms. The highest BCUT2D eigenvalue weighted by molar-refractivity contribution is 7.15. The number of thiazole rings is 1. The molecular weight excluding hydrogens is 280 g/mol. The summed E-state index contributed by atoms with van der Waals surface area (Å²) in [5, 5.41) is 8.71. The first-order valence-electron chi connectivity index (χ1n) is 8.02. The molecule has 2 aromatic heterocycles. The Morgan fingerprint density at radius 3 is 2.86 bits per heavy atom. The van der Waals surface area contributed by atoms with Gasteiger partial charge in [-0.15, -0.1) is 11.3 Å². The van der Waals surface area contributed by atoms with E-state index in [-0.39, 0.29) is 0 Å². The standard InChI is InChI=1S/C16H22N4S/c1-20-8-6-11(7-9-20)12-10-17-19-15(12)16-18-13-4-2-3-5-14(13)21-16/h10-11H,2-9H2,1H3,(H,17,19). The van der Waals surface area contributed by atoms with Crippen molar-refractivity contribution >= 4 is 11.3 Å². The molecule has 5 heteroatoms. The van der Waals surface area contributed by atoms with Gasteiger partial charge in [0, 0.05) is 10.4 Å². The van der Waals surface area contributed by atoms with Crippen LogP contribution in [-0.2, 0) is 12.8 Å². The summed E-state index contributed by atoms with van der Waals surface area (Å²) in [6.45, 7) is 2.37. The second-order valence-corrected chi connectivity index (χ2v) is 7.46. The summed E-state index contributed by atoms with van der Waals surface area (Å²) in [4.78, 5) is 8.82. The van der Waals surface area contributed by atoms with E-state index >= 15 is 0 Å². The summed E-state index contributed by atoms with van der Waals surface area (Å²) in [5.41, 5.74) is 3.91. The van der Waals surface area contributed by atoms with Crippen molar-refractivity contribution in [2.45, 2.75) is 44.4 Å². The van der Waals surface area contributed by atoms with Gasteiger partial charge in [0.1, 0.15) is 5.01 Å². The van der Waals surface area contributed by atoms with E-state index in [9.17, 15) is 0 Å². The monoisotopic (exact) mass is 302 g/mol. The van der Waals surface area contributed by atoms with Gasteiger partial charge < -0.3 is 4.90 Å². The van der Waals surface area contributed by atoms with Crippen molar-refractivity contribution < 1.29 is 0 Å². The van der Waals surface area contributed by atoms with Crippen molar-refractivity contribution in [3.05, 3.63) is 22.3 Å². The lowest BCUT2D eigenvalue weighted by Crippen LogP contribution is -2.29. The Morgan fingerprint density at radius 2 is 2.05 bits per heavy atom. The zero-order chi connectivity index (χ0) is 14.2. The van der Waals surface area contributed by atoms with Crippen LogP contribution in [0.5, 0.6) is 0 Å². The van der Waals surface area contributed by atoms with Crippen molar-refractivity contribution in [1.82, 2.24) is 20.1 Å². The Morgan fingerprint density at radius 1 is 1.24 bits per heavy atom. The van der Waals surface area contributed by atoms with Crippen molar-refractivity contribution in [2.75, 3.05) is 20.1 Å². The average molecular weight is 302 g/mol. The second-order valence-electron chi connectivity index (χ2n) is 6.37. The summed E-state index contributed by atoms with van der Waals surface area (Å²) in [6, 6.07) is 0. The van der Waals surface area contributed by atoms with Gasteiger partial charge in [0.25, 0.3) is 0 Å². The van der Waals surface area contributed by atoms with Crippen LogP contribution in [-0.4, -0.2) is 40.2 Å². The van der Waals surface area contributed by atoms with Crippen molar-refractivity contribution in [3.8, 4) is 10.7 Å².